The molecular weight excluding hydrogens is 236 g/mol. The van der Waals surface area contributed by atoms with Crippen molar-refractivity contribution in [3.05, 3.63) is 12.7 Å². The van der Waals surface area contributed by atoms with Crippen molar-refractivity contribution < 1.29 is 19.4 Å². The number of aliphatic carboxylic acids is 1. The number of likely N-dealkylation sites (N-methyl/N-ethyl adjacent to an activating group) is 1. The van der Waals surface area contributed by atoms with E-state index in [0.717, 1.165) is 6.42 Å². The number of carbonyl (C=O) groups is 2. The van der Waals surface area contributed by atoms with Crippen molar-refractivity contribution in [1.29, 1.82) is 0 Å². The van der Waals surface area contributed by atoms with E-state index in [0.29, 0.717) is 6.61 Å². The number of urea groups is 1. The van der Waals surface area contributed by atoms with E-state index in [9.17, 15) is 9.59 Å². The molecule has 0 radical (unpaired) electrons. The molecule has 1 fully saturated rings. The molecule has 1 aliphatic heterocycles. The van der Waals surface area contributed by atoms with Gasteiger partial charge in [-0.3, -0.25) is 0 Å². The van der Waals surface area contributed by atoms with Crippen molar-refractivity contribution in [3.8, 4) is 0 Å². The normalized spacial score (nSPS) is 24.3. The van der Waals surface area contributed by atoms with Crippen molar-refractivity contribution in [2.75, 3.05) is 13.7 Å². The van der Waals surface area contributed by atoms with E-state index in [-0.39, 0.29) is 18.6 Å². The lowest BCUT2D eigenvalue weighted by molar-refractivity contribution is -0.139. The van der Waals surface area contributed by atoms with Gasteiger partial charge in [-0.1, -0.05) is 6.08 Å². The highest BCUT2D eigenvalue weighted by atomic mass is 16.5. The summed E-state index contributed by atoms with van der Waals surface area (Å²) in [6.07, 6.45) is 2.42. The Hall–Kier alpha value is -1.56. The summed E-state index contributed by atoms with van der Waals surface area (Å²) < 4.78 is 5.38. The fraction of sp³-hybridized carbons (Fsp3) is 0.667. The first-order valence-electron chi connectivity index (χ1n) is 5.96. The summed E-state index contributed by atoms with van der Waals surface area (Å²) in [5.74, 6) is -1.06. The summed E-state index contributed by atoms with van der Waals surface area (Å²) in [5.41, 5.74) is 0. The number of hydrogen-bond donors (Lipinski definition) is 2. The van der Waals surface area contributed by atoms with E-state index >= 15 is 0 Å². The lowest BCUT2D eigenvalue weighted by Crippen LogP contribution is -2.51. The monoisotopic (exact) mass is 256 g/mol. The van der Waals surface area contributed by atoms with E-state index in [2.05, 4.69) is 11.9 Å². The van der Waals surface area contributed by atoms with E-state index < -0.39 is 18.0 Å². The molecule has 3 atom stereocenters. The number of amides is 2. The minimum Gasteiger partial charge on any atom is -0.480 e. The van der Waals surface area contributed by atoms with Crippen LogP contribution in [0.2, 0.25) is 0 Å². The third kappa shape index (κ3) is 3.46. The summed E-state index contributed by atoms with van der Waals surface area (Å²) in [7, 11) is 1.65. The molecule has 6 heteroatoms. The van der Waals surface area contributed by atoms with Gasteiger partial charge in [0.1, 0.15) is 6.04 Å². The number of nitrogens with one attached hydrogen (secondary N) is 1. The van der Waals surface area contributed by atoms with Gasteiger partial charge in [0.25, 0.3) is 0 Å². The van der Waals surface area contributed by atoms with Crippen LogP contribution in [0.4, 0.5) is 4.79 Å². The summed E-state index contributed by atoms with van der Waals surface area (Å²) in [4.78, 5) is 24.4. The molecule has 0 spiro atoms. The molecule has 6 nitrogen and oxygen atoms in total. The van der Waals surface area contributed by atoms with Crippen LogP contribution < -0.4 is 5.32 Å². The molecule has 102 valence electrons. The van der Waals surface area contributed by atoms with Crippen molar-refractivity contribution in [2.24, 2.45) is 0 Å². The van der Waals surface area contributed by atoms with Crippen molar-refractivity contribution >= 4 is 12.0 Å². The van der Waals surface area contributed by atoms with E-state index in [1.54, 1.807) is 7.05 Å². The van der Waals surface area contributed by atoms with Crippen molar-refractivity contribution in [1.82, 2.24) is 10.2 Å². The first-order valence-corrected chi connectivity index (χ1v) is 5.96. The maximum absolute atomic E-state index is 11.9. The average Bonchev–Trinajstić information content (AvgIpc) is 2.73. The minimum atomic E-state index is -1.06. The molecule has 0 aliphatic carbocycles. The predicted octanol–water partition coefficient (Wildman–Crippen LogP) is 0.834. The third-order valence-corrected chi connectivity index (χ3v) is 3.15. The predicted molar refractivity (Wildman–Crippen MR) is 66.4 cm³/mol. The highest BCUT2D eigenvalue weighted by molar-refractivity contribution is 5.82. The number of carbonyl (C=O) groups excluding carboxylic acids is 1. The molecule has 2 amide bonds. The second-order valence-electron chi connectivity index (χ2n) is 4.41. The highest BCUT2D eigenvalue weighted by Gasteiger charge is 2.31. The SMILES string of the molecule is C=CCC(NC(=O)N(C)C1CCOC1C)C(=O)O. The maximum atomic E-state index is 11.9. The molecule has 0 aromatic carbocycles. The van der Waals surface area contributed by atoms with Crippen LogP contribution >= 0.6 is 0 Å². The van der Waals surface area contributed by atoms with Gasteiger partial charge in [-0.25, -0.2) is 9.59 Å². The summed E-state index contributed by atoms with van der Waals surface area (Å²) >= 11 is 0. The molecule has 1 rings (SSSR count). The molecule has 1 saturated heterocycles. The van der Waals surface area contributed by atoms with Gasteiger partial charge in [0, 0.05) is 13.7 Å². The van der Waals surface area contributed by atoms with Gasteiger partial charge in [-0.2, -0.15) is 0 Å². The van der Waals surface area contributed by atoms with Gasteiger partial charge >= 0.3 is 12.0 Å². The van der Waals surface area contributed by atoms with Gasteiger partial charge in [-0.05, 0) is 19.8 Å². The van der Waals surface area contributed by atoms with Crippen molar-refractivity contribution in [3.63, 3.8) is 0 Å². The molecule has 0 saturated carbocycles. The zero-order valence-corrected chi connectivity index (χ0v) is 10.8. The van der Waals surface area contributed by atoms with Crippen LogP contribution in [0, 0.1) is 0 Å². The zero-order valence-electron chi connectivity index (χ0n) is 10.8. The second kappa shape index (κ2) is 6.39. The number of hydrogen-bond acceptors (Lipinski definition) is 3. The topological polar surface area (TPSA) is 78.9 Å². The molecule has 0 aromatic heterocycles. The van der Waals surface area contributed by atoms with Crippen LogP contribution in [0.5, 0.6) is 0 Å². The smallest absolute Gasteiger partial charge is 0.326 e. The fourth-order valence-electron chi connectivity index (χ4n) is 2.02. The Kier molecular flexibility index (Phi) is 5.15. The van der Waals surface area contributed by atoms with Crippen LogP contribution in [0.15, 0.2) is 12.7 Å². The van der Waals surface area contributed by atoms with E-state index in [4.69, 9.17) is 9.84 Å². The lowest BCUT2D eigenvalue weighted by atomic mass is 10.1. The number of carboxylic acids is 1. The second-order valence-corrected chi connectivity index (χ2v) is 4.41. The number of ether oxygens (including phenoxy) is 1. The molecule has 2 N–H and O–H groups in total. The molecule has 0 bridgehead atoms. The Morgan fingerprint density at radius 3 is 2.78 bits per heavy atom. The van der Waals surface area contributed by atoms with Gasteiger partial charge in [0.05, 0.1) is 12.1 Å². The first kappa shape index (κ1) is 14.5. The average molecular weight is 256 g/mol. The minimum absolute atomic E-state index is 0.0109. The lowest BCUT2D eigenvalue weighted by Gasteiger charge is -2.28. The molecule has 1 aliphatic rings. The molecular formula is C12H20N2O4. The van der Waals surface area contributed by atoms with Crippen LogP contribution in [-0.2, 0) is 9.53 Å². The molecule has 0 aromatic rings. The van der Waals surface area contributed by atoms with Gasteiger partial charge in [0.2, 0.25) is 0 Å². The summed E-state index contributed by atoms with van der Waals surface area (Å²) in [6.45, 7) is 6.00. The number of rotatable bonds is 5. The zero-order chi connectivity index (χ0) is 13.7. The first-order chi connectivity index (χ1) is 8.47. The van der Waals surface area contributed by atoms with Gasteiger partial charge in [0.15, 0.2) is 0 Å². The fourth-order valence-corrected chi connectivity index (χ4v) is 2.02. The van der Waals surface area contributed by atoms with E-state index in [1.807, 2.05) is 6.92 Å². The van der Waals surface area contributed by atoms with Crippen LogP contribution in [0.25, 0.3) is 0 Å². The molecule has 18 heavy (non-hydrogen) atoms. The quantitative estimate of drug-likeness (QED) is 0.714. The molecule has 1 heterocycles. The Balaban J connectivity index is 2.57. The number of nitrogens with zero attached hydrogens (tertiary/aromatic N) is 1. The van der Waals surface area contributed by atoms with Crippen molar-refractivity contribution in [2.45, 2.75) is 38.0 Å². The largest absolute Gasteiger partial charge is 0.480 e. The third-order valence-electron chi connectivity index (χ3n) is 3.15. The van der Waals surface area contributed by atoms with Gasteiger partial charge < -0.3 is 20.1 Å². The standard InChI is InChI=1S/C12H20N2O4/c1-4-5-9(11(15)16)13-12(17)14(3)10-6-7-18-8(10)2/h4,8-10H,1,5-7H2,2-3H3,(H,13,17)(H,15,16). The van der Waals surface area contributed by atoms with Crippen LogP contribution in [0.1, 0.15) is 19.8 Å². The molecule has 3 unspecified atom stereocenters. The highest BCUT2D eigenvalue weighted by Crippen LogP contribution is 2.18. The van der Waals surface area contributed by atoms with Gasteiger partial charge in [-0.15, -0.1) is 6.58 Å². The van der Waals surface area contributed by atoms with E-state index in [1.165, 1.54) is 11.0 Å². The Labute approximate surface area is 107 Å². The number of carboxylic acid groups (broad SMARTS) is 1. The Morgan fingerprint density at radius 1 is 1.67 bits per heavy atom. The van der Waals surface area contributed by atoms with Crippen LogP contribution in [-0.4, -0.2) is 53.8 Å². The summed E-state index contributed by atoms with van der Waals surface area (Å²) in [6, 6.07) is -1.34. The Morgan fingerprint density at radius 2 is 2.33 bits per heavy atom. The maximum Gasteiger partial charge on any atom is 0.326 e. The van der Waals surface area contributed by atoms with Crippen LogP contribution in [0.3, 0.4) is 0 Å². The summed E-state index contributed by atoms with van der Waals surface area (Å²) in [5, 5.41) is 11.4. The Bertz CT molecular complexity index is 332.